The summed E-state index contributed by atoms with van der Waals surface area (Å²) in [7, 11) is 0. The van der Waals surface area contributed by atoms with Crippen molar-refractivity contribution < 1.29 is 4.42 Å². The van der Waals surface area contributed by atoms with E-state index in [-0.39, 0.29) is 0 Å². The zero-order valence-corrected chi connectivity index (χ0v) is 42.2. The van der Waals surface area contributed by atoms with Gasteiger partial charge in [0.25, 0.3) is 0 Å². The van der Waals surface area contributed by atoms with Gasteiger partial charge in [-0.3, -0.25) is 0 Å². The highest BCUT2D eigenvalue weighted by Gasteiger charge is 2.23. The van der Waals surface area contributed by atoms with Crippen molar-refractivity contribution in [1.82, 2.24) is 19.5 Å². The van der Waals surface area contributed by atoms with Gasteiger partial charge in [-0.15, -0.1) is 22.7 Å². The molecule has 16 rings (SSSR count). The van der Waals surface area contributed by atoms with Gasteiger partial charge in [0.15, 0.2) is 17.5 Å². The second-order valence-corrected chi connectivity index (χ2v) is 21.5. The molecule has 0 N–H and O–H groups in total. The second-order valence-electron chi connectivity index (χ2n) is 19.4. The summed E-state index contributed by atoms with van der Waals surface area (Å²) < 4.78 is 14.1. The van der Waals surface area contributed by atoms with Crippen LogP contribution in [0.4, 0.5) is 0 Å². The normalized spacial score (nSPS) is 11.9. The predicted molar refractivity (Wildman–Crippen MR) is 320 cm³/mol. The molecule has 0 spiro atoms. The van der Waals surface area contributed by atoms with Crippen molar-refractivity contribution in [2.45, 2.75) is 0 Å². The van der Waals surface area contributed by atoms with E-state index in [1.165, 1.54) is 46.7 Å². The number of nitrogens with zero attached hydrogens (tertiary/aromatic N) is 4. The van der Waals surface area contributed by atoms with E-state index in [4.69, 9.17) is 19.4 Å². The average Bonchev–Trinajstić information content (AvgIpc) is 4.29. The summed E-state index contributed by atoms with van der Waals surface area (Å²) in [5, 5.41) is 9.41. The first-order valence-electron chi connectivity index (χ1n) is 25.5. The maximum atomic E-state index is 6.89. The number of thiophene rings is 2. The smallest absolute Gasteiger partial charge is 0.164 e. The van der Waals surface area contributed by atoms with E-state index in [0.29, 0.717) is 17.5 Å². The lowest BCUT2D eigenvalue weighted by Crippen LogP contribution is -2.01. The zero-order chi connectivity index (χ0) is 49.8. The lowest BCUT2D eigenvalue weighted by molar-refractivity contribution is 0.670. The van der Waals surface area contributed by atoms with Crippen LogP contribution in [0.3, 0.4) is 0 Å². The maximum Gasteiger partial charge on any atom is 0.164 e. The van der Waals surface area contributed by atoms with Gasteiger partial charge in [-0.2, -0.15) is 0 Å². The monoisotopic (exact) mass is 1000 g/mol. The molecule has 0 radical (unpaired) electrons. The first-order chi connectivity index (χ1) is 37.7. The molecular weight excluding hydrogens is 965 g/mol. The van der Waals surface area contributed by atoms with Gasteiger partial charge < -0.3 is 8.98 Å². The Hall–Kier alpha value is -9.53. The topological polar surface area (TPSA) is 56.7 Å². The maximum absolute atomic E-state index is 6.89. The van der Waals surface area contributed by atoms with Crippen molar-refractivity contribution in [1.29, 1.82) is 0 Å². The average molecular weight is 1010 g/mol. The molecular formula is C69H40N4OS2. The standard InChI is InChI=1S/C69H40N4OS2/c1-3-17-41(18-4-1)67-70-68(51-23-8-7-21-45(51)47-25-15-33-61-63(47)52-24-10-12-32-60(52)75-61)72-69(71-67)54-30-16-34-62-64(54)53-29-14-28-50(66(53)76-62)48-26-13-27-49-56-40-43(36-38-59(56)74-65(48)49)42-35-37-58-55(39-42)46-22-9-11-31-57(46)73(58)44-19-5-2-6-20-44/h1-40H. The van der Waals surface area contributed by atoms with E-state index in [2.05, 4.69) is 229 Å². The molecule has 0 aliphatic rings. The quantitative estimate of drug-likeness (QED) is 0.160. The molecule has 5 aromatic heterocycles. The molecule has 5 nitrogen and oxygen atoms in total. The molecule has 354 valence electrons. The molecule has 5 heterocycles. The molecule has 0 aliphatic heterocycles. The predicted octanol–water partition coefficient (Wildman–Crippen LogP) is 19.6. The number of benzene rings is 11. The van der Waals surface area contributed by atoms with Crippen molar-refractivity contribution in [3.8, 4) is 73.2 Å². The van der Waals surface area contributed by atoms with E-state index in [9.17, 15) is 0 Å². The lowest BCUT2D eigenvalue weighted by atomic mass is 9.95. The molecule has 0 aliphatic carbocycles. The van der Waals surface area contributed by atoms with Crippen LogP contribution in [0.15, 0.2) is 247 Å². The molecule has 0 atom stereocenters. The fraction of sp³-hybridized carbons (Fsp3) is 0. The Labute approximate surface area is 443 Å². The van der Waals surface area contributed by atoms with Crippen LogP contribution in [-0.2, 0) is 0 Å². The highest BCUT2D eigenvalue weighted by molar-refractivity contribution is 7.26. The van der Waals surface area contributed by atoms with E-state index in [0.717, 1.165) is 93.2 Å². The Kier molecular flexibility index (Phi) is 9.61. The van der Waals surface area contributed by atoms with E-state index < -0.39 is 0 Å². The van der Waals surface area contributed by atoms with Crippen molar-refractivity contribution in [2.75, 3.05) is 0 Å². The molecule has 0 saturated carbocycles. The molecule has 7 heteroatoms. The molecule has 0 unspecified atom stereocenters. The lowest BCUT2D eigenvalue weighted by Gasteiger charge is -2.13. The van der Waals surface area contributed by atoms with Crippen LogP contribution in [0, 0.1) is 0 Å². The number of aromatic nitrogens is 4. The molecule has 11 aromatic carbocycles. The van der Waals surface area contributed by atoms with Crippen LogP contribution in [0.25, 0.3) is 157 Å². The van der Waals surface area contributed by atoms with Gasteiger partial charge in [-0.05, 0) is 82.9 Å². The second kappa shape index (κ2) is 17.0. The summed E-state index contributed by atoms with van der Waals surface area (Å²) in [5.41, 5.74) is 14.9. The van der Waals surface area contributed by atoms with E-state index in [1.54, 1.807) is 11.3 Å². The van der Waals surface area contributed by atoms with E-state index in [1.807, 2.05) is 29.5 Å². The van der Waals surface area contributed by atoms with Crippen LogP contribution in [-0.4, -0.2) is 19.5 Å². The first kappa shape index (κ1) is 42.9. The minimum atomic E-state index is 0.628. The van der Waals surface area contributed by atoms with Gasteiger partial charge >= 0.3 is 0 Å². The number of furan rings is 1. The molecule has 0 fully saturated rings. The van der Waals surface area contributed by atoms with Crippen molar-refractivity contribution in [2.24, 2.45) is 0 Å². The summed E-state index contributed by atoms with van der Waals surface area (Å²) in [5.74, 6) is 1.89. The number of hydrogen-bond donors (Lipinski definition) is 0. The van der Waals surface area contributed by atoms with Gasteiger partial charge in [0, 0.05) is 95.4 Å². The van der Waals surface area contributed by atoms with Crippen molar-refractivity contribution in [3.63, 3.8) is 0 Å². The molecule has 76 heavy (non-hydrogen) atoms. The number of hydrogen-bond acceptors (Lipinski definition) is 6. The Morgan fingerprint density at radius 2 is 0.868 bits per heavy atom. The van der Waals surface area contributed by atoms with Gasteiger partial charge in [-0.25, -0.2) is 15.0 Å². The van der Waals surface area contributed by atoms with Gasteiger partial charge in [0.1, 0.15) is 11.2 Å². The summed E-state index contributed by atoms with van der Waals surface area (Å²) in [6.07, 6.45) is 0. The van der Waals surface area contributed by atoms with Crippen LogP contribution >= 0.6 is 22.7 Å². The molecule has 0 bridgehead atoms. The minimum absolute atomic E-state index is 0.628. The Morgan fingerprint density at radius 3 is 1.71 bits per heavy atom. The number of para-hydroxylation sites is 3. The highest BCUT2D eigenvalue weighted by atomic mass is 32.1. The third-order valence-electron chi connectivity index (χ3n) is 15.1. The van der Waals surface area contributed by atoms with Crippen LogP contribution in [0.1, 0.15) is 0 Å². The molecule has 0 saturated heterocycles. The van der Waals surface area contributed by atoms with Gasteiger partial charge in [-0.1, -0.05) is 182 Å². The van der Waals surface area contributed by atoms with Gasteiger partial charge in [0.05, 0.1) is 11.0 Å². The number of rotatable bonds is 7. The molecule has 16 aromatic rings. The summed E-state index contributed by atoms with van der Waals surface area (Å²) in [6.45, 7) is 0. The van der Waals surface area contributed by atoms with Crippen molar-refractivity contribution >= 4 is 107 Å². The van der Waals surface area contributed by atoms with Gasteiger partial charge in [0.2, 0.25) is 0 Å². The fourth-order valence-corrected chi connectivity index (χ4v) is 14.1. The summed E-state index contributed by atoms with van der Waals surface area (Å²) in [4.78, 5) is 16.0. The Bertz CT molecular complexity index is 5010. The first-order valence-corrected chi connectivity index (χ1v) is 27.1. The minimum Gasteiger partial charge on any atom is -0.455 e. The van der Waals surface area contributed by atoms with Crippen LogP contribution in [0.2, 0.25) is 0 Å². The Balaban J connectivity index is 0.832. The summed E-state index contributed by atoms with van der Waals surface area (Å²) in [6, 6.07) is 86.6. The van der Waals surface area contributed by atoms with Crippen LogP contribution < -0.4 is 0 Å². The SMILES string of the molecule is c1ccc(-c2nc(-c3ccccc3-c3cccc4sc5ccccc5c34)nc(-c3cccc4sc5c(-c6cccc7c6oc6ccc(-c8ccc9c(c8)c8ccccc8n9-c8ccccc8)cc67)cccc5c34)n2)cc1. The van der Waals surface area contributed by atoms with E-state index >= 15 is 0 Å². The Morgan fingerprint density at radius 1 is 0.316 bits per heavy atom. The number of fused-ring (bicyclic) bond motifs is 12. The zero-order valence-electron chi connectivity index (χ0n) is 40.6. The largest absolute Gasteiger partial charge is 0.455 e. The molecule has 0 amide bonds. The highest BCUT2D eigenvalue weighted by Crippen LogP contribution is 2.48. The summed E-state index contributed by atoms with van der Waals surface area (Å²) >= 11 is 3.63. The third-order valence-corrected chi connectivity index (χ3v) is 17.4. The fourth-order valence-electron chi connectivity index (χ4n) is 11.7. The third kappa shape index (κ3) is 6.66. The van der Waals surface area contributed by atoms with Crippen molar-refractivity contribution in [3.05, 3.63) is 243 Å². The van der Waals surface area contributed by atoms with Crippen LogP contribution in [0.5, 0.6) is 0 Å².